The summed E-state index contributed by atoms with van der Waals surface area (Å²) in [6.07, 6.45) is -1.16. The van der Waals surface area contributed by atoms with E-state index in [0.29, 0.717) is 4.88 Å². The van der Waals surface area contributed by atoms with E-state index in [0.717, 1.165) is 21.6 Å². The molecule has 4 aromatic rings. The Morgan fingerprint density at radius 3 is 2.59 bits per heavy atom. The number of para-hydroxylation sites is 1. The van der Waals surface area contributed by atoms with Crippen molar-refractivity contribution in [3.63, 3.8) is 0 Å². The van der Waals surface area contributed by atoms with Gasteiger partial charge < -0.3 is 14.8 Å². The topological polar surface area (TPSA) is 126 Å². The Kier molecular flexibility index (Phi) is 6.28. The van der Waals surface area contributed by atoms with E-state index in [1.54, 1.807) is 10.7 Å². The van der Waals surface area contributed by atoms with Gasteiger partial charge in [0, 0.05) is 17.5 Å². The molecule has 0 radical (unpaired) electrons. The minimum atomic E-state index is -1.16. The molecule has 4 rings (SSSR count). The summed E-state index contributed by atoms with van der Waals surface area (Å²) in [6.45, 7) is 3.27. The molecule has 0 aliphatic rings. The van der Waals surface area contributed by atoms with Gasteiger partial charge in [-0.3, -0.25) is 14.9 Å². The maximum atomic E-state index is 12.8. The van der Waals surface area contributed by atoms with E-state index in [2.05, 4.69) is 10.4 Å². The summed E-state index contributed by atoms with van der Waals surface area (Å²) in [4.78, 5) is 37.0. The number of esters is 1. The monoisotopic (exact) mass is 480 g/mol. The average Bonchev–Trinajstić information content (AvgIpc) is 3.40. The van der Waals surface area contributed by atoms with Crippen LogP contribution in [0.25, 0.3) is 15.9 Å². The van der Waals surface area contributed by atoms with E-state index in [1.807, 2.05) is 37.3 Å². The molecule has 0 saturated heterocycles. The largest absolute Gasteiger partial charge is 0.495 e. The number of methoxy groups -OCH3 is 1. The number of non-ortho nitro benzene ring substituents is 1. The zero-order valence-electron chi connectivity index (χ0n) is 18.5. The van der Waals surface area contributed by atoms with Crippen LogP contribution in [-0.2, 0) is 9.53 Å². The normalized spacial score (nSPS) is 11.7. The second-order valence-electron chi connectivity index (χ2n) is 7.34. The number of anilines is 1. The van der Waals surface area contributed by atoms with Gasteiger partial charge in [0.15, 0.2) is 6.10 Å². The number of benzene rings is 2. The van der Waals surface area contributed by atoms with Crippen molar-refractivity contribution < 1.29 is 24.0 Å². The lowest BCUT2D eigenvalue weighted by molar-refractivity contribution is -0.384. The number of aromatic nitrogens is 2. The number of nitro benzene ring substituents is 1. The number of fused-ring (bicyclic) bond motifs is 1. The van der Waals surface area contributed by atoms with Crippen molar-refractivity contribution in [3.8, 4) is 11.4 Å². The summed E-state index contributed by atoms with van der Waals surface area (Å²) in [6, 6.07) is 15.0. The standard InChI is InChI=1S/C23H20N4O6S/c1-13-17-12-20(34-22(17)26(25-13)15-7-5-4-6-8-15)23(29)33-14(2)21(28)24-18-11-16(27(30)31)9-10-19(18)32-3/h4-12,14H,1-3H3,(H,24,28)/t14-/m0/s1. The van der Waals surface area contributed by atoms with Crippen LogP contribution in [0.15, 0.2) is 54.6 Å². The molecule has 1 atom stereocenters. The number of hydrogen-bond acceptors (Lipinski definition) is 8. The van der Waals surface area contributed by atoms with Gasteiger partial charge in [-0.25, -0.2) is 9.48 Å². The number of rotatable bonds is 7. The van der Waals surface area contributed by atoms with Gasteiger partial charge in [0.1, 0.15) is 15.5 Å². The highest BCUT2D eigenvalue weighted by atomic mass is 32.1. The highest BCUT2D eigenvalue weighted by Crippen LogP contribution is 2.32. The van der Waals surface area contributed by atoms with Crippen molar-refractivity contribution in [2.75, 3.05) is 12.4 Å². The zero-order valence-corrected chi connectivity index (χ0v) is 19.3. The summed E-state index contributed by atoms with van der Waals surface area (Å²) in [7, 11) is 1.38. The molecule has 0 bridgehead atoms. The van der Waals surface area contributed by atoms with Gasteiger partial charge in [0.2, 0.25) is 0 Å². The molecule has 0 saturated carbocycles. The summed E-state index contributed by atoms with van der Waals surface area (Å²) >= 11 is 1.22. The molecule has 11 heteroatoms. The van der Waals surface area contributed by atoms with Crippen molar-refractivity contribution in [2.45, 2.75) is 20.0 Å². The zero-order chi connectivity index (χ0) is 24.4. The molecule has 2 aromatic carbocycles. The lowest BCUT2D eigenvalue weighted by Gasteiger charge is -2.14. The number of thiophene rings is 1. The minimum Gasteiger partial charge on any atom is -0.495 e. The molecule has 0 aliphatic carbocycles. The number of amides is 1. The number of nitro groups is 1. The van der Waals surface area contributed by atoms with Crippen LogP contribution in [-0.4, -0.2) is 39.8 Å². The van der Waals surface area contributed by atoms with Crippen LogP contribution >= 0.6 is 11.3 Å². The van der Waals surface area contributed by atoms with Crippen LogP contribution in [0.1, 0.15) is 22.3 Å². The average molecular weight is 481 g/mol. The van der Waals surface area contributed by atoms with Gasteiger partial charge in [0.25, 0.3) is 11.6 Å². The van der Waals surface area contributed by atoms with Crippen LogP contribution in [0.5, 0.6) is 5.75 Å². The fraction of sp³-hybridized carbons (Fsp3) is 0.174. The molecule has 10 nitrogen and oxygen atoms in total. The van der Waals surface area contributed by atoms with Crippen LogP contribution in [0.2, 0.25) is 0 Å². The first-order valence-corrected chi connectivity index (χ1v) is 11.0. The van der Waals surface area contributed by atoms with Gasteiger partial charge >= 0.3 is 5.97 Å². The molecule has 0 spiro atoms. The second-order valence-corrected chi connectivity index (χ2v) is 8.37. The first-order valence-electron chi connectivity index (χ1n) is 10.2. The first kappa shape index (κ1) is 22.9. The Morgan fingerprint density at radius 1 is 1.18 bits per heavy atom. The highest BCUT2D eigenvalue weighted by molar-refractivity contribution is 7.20. The van der Waals surface area contributed by atoms with E-state index in [1.165, 1.54) is 43.6 Å². The number of carbonyl (C=O) groups excluding carboxylic acids is 2. The molecular formula is C23H20N4O6S. The molecule has 1 amide bonds. The molecule has 0 fully saturated rings. The van der Waals surface area contributed by atoms with E-state index in [9.17, 15) is 19.7 Å². The Balaban J connectivity index is 1.51. The van der Waals surface area contributed by atoms with Crippen molar-refractivity contribution in [2.24, 2.45) is 0 Å². The third-order valence-electron chi connectivity index (χ3n) is 5.05. The van der Waals surface area contributed by atoms with Crippen LogP contribution in [0.3, 0.4) is 0 Å². The number of nitrogens with one attached hydrogen (secondary N) is 1. The molecule has 1 N–H and O–H groups in total. The van der Waals surface area contributed by atoms with Gasteiger partial charge in [-0.2, -0.15) is 5.10 Å². The fourth-order valence-electron chi connectivity index (χ4n) is 3.31. The quantitative estimate of drug-likeness (QED) is 0.235. The van der Waals surface area contributed by atoms with Crippen LogP contribution in [0.4, 0.5) is 11.4 Å². The number of nitrogens with zero attached hydrogens (tertiary/aromatic N) is 3. The smallest absolute Gasteiger partial charge is 0.349 e. The number of aryl methyl sites for hydroxylation is 1. The number of ether oxygens (including phenoxy) is 2. The summed E-state index contributed by atoms with van der Waals surface area (Å²) < 4.78 is 12.3. The van der Waals surface area contributed by atoms with Crippen molar-refractivity contribution in [1.29, 1.82) is 0 Å². The lowest BCUT2D eigenvalue weighted by Crippen LogP contribution is -2.30. The maximum Gasteiger partial charge on any atom is 0.349 e. The van der Waals surface area contributed by atoms with Crippen molar-refractivity contribution in [3.05, 3.63) is 75.3 Å². The van der Waals surface area contributed by atoms with Gasteiger partial charge in [-0.1, -0.05) is 18.2 Å². The van der Waals surface area contributed by atoms with E-state index < -0.39 is 22.9 Å². The van der Waals surface area contributed by atoms with Crippen LogP contribution < -0.4 is 10.1 Å². The number of hydrogen-bond donors (Lipinski definition) is 1. The molecule has 34 heavy (non-hydrogen) atoms. The molecule has 2 aromatic heterocycles. The Hall–Kier alpha value is -4.25. The van der Waals surface area contributed by atoms with E-state index in [4.69, 9.17) is 9.47 Å². The Morgan fingerprint density at radius 2 is 1.91 bits per heavy atom. The Bertz CT molecular complexity index is 1400. The summed E-state index contributed by atoms with van der Waals surface area (Å²) in [5.41, 5.74) is 1.51. The molecular weight excluding hydrogens is 460 g/mol. The van der Waals surface area contributed by atoms with Crippen molar-refractivity contribution in [1.82, 2.24) is 9.78 Å². The second kappa shape index (κ2) is 9.32. The summed E-state index contributed by atoms with van der Waals surface area (Å²) in [5, 5.41) is 18.9. The van der Waals surface area contributed by atoms with Gasteiger partial charge in [0.05, 0.1) is 29.1 Å². The van der Waals surface area contributed by atoms with Crippen LogP contribution in [0, 0.1) is 17.0 Å². The predicted octanol–water partition coefficient (Wildman–Crippen LogP) is 4.50. The SMILES string of the molecule is COc1ccc([N+](=O)[O-])cc1NC(=O)[C@H](C)OC(=O)c1cc2c(C)nn(-c3ccccc3)c2s1. The lowest BCUT2D eigenvalue weighted by atomic mass is 10.2. The third kappa shape index (κ3) is 4.46. The van der Waals surface area contributed by atoms with Crippen molar-refractivity contribution >= 4 is 44.8 Å². The molecule has 174 valence electrons. The van der Waals surface area contributed by atoms with E-state index in [-0.39, 0.29) is 17.1 Å². The maximum absolute atomic E-state index is 12.8. The summed E-state index contributed by atoms with van der Waals surface area (Å²) in [5.74, 6) is -1.07. The molecule has 2 heterocycles. The molecule has 0 aliphatic heterocycles. The van der Waals surface area contributed by atoms with Gasteiger partial charge in [-0.05, 0) is 38.1 Å². The first-order chi connectivity index (χ1) is 16.3. The fourth-order valence-corrected chi connectivity index (χ4v) is 4.37. The predicted molar refractivity (Wildman–Crippen MR) is 127 cm³/mol. The third-order valence-corrected chi connectivity index (χ3v) is 6.14. The number of carbonyl (C=O) groups is 2. The van der Waals surface area contributed by atoms with Gasteiger partial charge in [-0.15, -0.1) is 11.3 Å². The molecule has 0 unspecified atom stereocenters. The highest BCUT2D eigenvalue weighted by Gasteiger charge is 2.24. The Labute approximate surface area is 197 Å². The minimum absolute atomic E-state index is 0.102. The van der Waals surface area contributed by atoms with E-state index >= 15 is 0 Å².